The fraction of sp³-hybridized carbons (Fsp3) is 0.756. The number of hydrogen-bond acceptors (Lipinski definition) is 10. The molecule has 57 heavy (non-hydrogen) atoms. The molecule has 12 heteroatoms. The molecule has 0 amide bonds. The number of nitrogens with two attached hydrogens (primary N) is 1. The van der Waals surface area contributed by atoms with Crippen molar-refractivity contribution < 1.29 is 46.8 Å². The standard InChI is InChI=1S/C45H78NO10P/c1-5-7-22-28-40(47)29-24-18-14-10-9-11-17-21-27-33-45(49)55-41(37-54-57(50,51)53-35-34-46)36-52-44(48)32-26-20-16-13-12-15-19-25-31-43-39(4)38(3)42(56-43)30-23-8-6-2/h14,18,24,29,41H,5-13,15-17,19-23,25-28,30-37,46H2,1-4H3,(H,50,51)/b18-14-,29-24+/t41-/m1/s1. The molecule has 1 rings (SSSR count). The monoisotopic (exact) mass is 824 g/mol. The number of furan rings is 1. The Morgan fingerprint density at radius 1 is 0.684 bits per heavy atom. The van der Waals surface area contributed by atoms with E-state index in [2.05, 4.69) is 33.8 Å². The van der Waals surface area contributed by atoms with Crippen molar-refractivity contribution >= 4 is 25.5 Å². The molecular formula is C45H78NO10P. The second kappa shape index (κ2) is 34.3. The van der Waals surface area contributed by atoms with Crippen LogP contribution in [0.25, 0.3) is 0 Å². The van der Waals surface area contributed by atoms with E-state index in [4.69, 9.17) is 28.7 Å². The topological polar surface area (TPSA) is 165 Å². The largest absolute Gasteiger partial charge is 0.472 e. The average Bonchev–Trinajstić information content (AvgIpc) is 3.45. The summed E-state index contributed by atoms with van der Waals surface area (Å²) in [7, 11) is -4.41. The molecule has 0 radical (unpaired) electrons. The number of carbonyl (C=O) groups excluding carboxylic acids is 3. The third-order valence-corrected chi connectivity index (χ3v) is 11.0. The number of phosphoric ester groups is 1. The molecule has 0 saturated carbocycles. The summed E-state index contributed by atoms with van der Waals surface area (Å²) in [5, 5.41) is 0. The highest BCUT2D eigenvalue weighted by Gasteiger charge is 2.26. The minimum absolute atomic E-state index is 0.0331. The van der Waals surface area contributed by atoms with Crippen LogP contribution in [0.2, 0.25) is 0 Å². The van der Waals surface area contributed by atoms with Gasteiger partial charge in [-0.1, -0.05) is 116 Å². The minimum Gasteiger partial charge on any atom is -0.466 e. The van der Waals surface area contributed by atoms with Gasteiger partial charge >= 0.3 is 19.8 Å². The highest BCUT2D eigenvalue weighted by Crippen LogP contribution is 2.43. The fourth-order valence-corrected chi connectivity index (χ4v) is 7.15. The number of phosphoric acid groups is 1. The van der Waals surface area contributed by atoms with E-state index in [-0.39, 0.29) is 38.4 Å². The molecular weight excluding hydrogens is 745 g/mol. The van der Waals surface area contributed by atoms with Crippen LogP contribution in [0.4, 0.5) is 0 Å². The van der Waals surface area contributed by atoms with Crippen molar-refractivity contribution in [2.45, 2.75) is 194 Å². The molecule has 11 nitrogen and oxygen atoms in total. The normalized spacial score (nSPS) is 13.4. The Bertz CT molecular complexity index is 1320. The Kier molecular flexibility index (Phi) is 31.6. The van der Waals surface area contributed by atoms with Crippen LogP contribution >= 0.6 is 7.82 Å². The fourth-order valence-electron chi connectivity index (χ4n) is 6.38. The van der Waals surface area contributed by atoms with Gasteiger partial charge in [0, 0.05) is 38.6 Å². The van der Waals surface area contributed by atoms with E-state index in [1.165, 1.54) is 55.4 Å². The molecule has 0 aliphatic rings. The number of unbranched alkanes of at least 4 members (excludes halogenated alkanes) is 16. The van der Waals surface area contributed by atoms with Gasteiger partial charge in [0.05, 0.1) is 13.2 Å². The summed E-state index contributed by atoms with van der Waals surface area (Å²) in [5.74, 6) is 1.59. The first-order valence-electron chi connectivity index (χ1n) is 22.1. The van der Waals surface area contributed by atoms with Gasteiger partial charge in [-0.3, -0.25) is 23.4 Å². The van der Waals surface area contributed by atoms with Crippen molar-refractivity contribution in [1.82, 2.24) is 0 Å². The Labute approximate surface area is 344 Å². The lowest BCUT2D eigenvalue weighted by Crippen LogP contribution is -2.29. The first-order valence-corrected chi connectivity index (χ1v) is 23.6. The molecule has 3 N–H and O–H groups in total. The molecule has 1 unspecified atom stereocenters. The minimum atomic E-state index is -4.41. The third kappa shape index (κ3) is 28.5. The summed E-state index contributed by atoms with van der Waals surface area (Å²) in [4.78, 5) is 46.7. The molecule has 328 valence electrons. The van der Waals surface area contributed by atoms with Gasteiger partial charge in [0.2, 0.25) is 0 Å². The summed E-state index contributed by atoms with van der Waals surface area (Å²) in [6, 6.07) is 0. The molecule has 1 aromatic heterocycles. The van der Waals surface area contributed by atoms with Crippen LogP contribution in [0.15, 0.2) is 28.7 Å². The van der Waals surface area contributed by atoms with E-state index in [0.717, 1.165) is 95.7 Å². The van der Waals surface area contributed by atoms with Gasteiger partial charge in [0.15, 0.2) is 11.9 Å². The van der Waals surface area contributed by atoms with Crippen molar-refractivity contribution in [2.24, 2.45) is 5.73 Å². The van der Waals surface area contributed by atoms with Crippen LogP contribution in [0.1, 0.15) is 184 Å². The Hall–Kier alpha value is -2.56. The predicted octanol–water partition coefficient (Wildman–Crippen LogP) is 11.2. The molecule has 0 spiro atoms. The van der Waals surface area contributed by atoms with Crippen LogP contribution in [0, 0.1) is 13.8 Å². The van der Waals surface area contributed by atoms with Gasteiger partial charge < -0.3 is 24.5 Å². The number of ether oxygens (including phenoxy) is 2. The van der Waals surface area contributed by atoms with Gasteiger partial charge in [-0.05, 0) is 76.0 Å². The molecule has 1 heterocycles. The number of hydrogen-bond donors (Lipinski definition) is 2. The third-order valence-electron chi connectivity index (χ3n) is 10.0. The number of rotatable bonds is 38. The molecule has 0 fully saturated rings. The van der Waals surface area contributed by atoms with Crippen LogP contribution < -0.4 is 5.73 Å². The smallest absolute Gasteiger partial charge is 0.466 e. The highest BCUT2D eigenvalue weighted by atomic mass is 31.2. The first-order chi connectivity index (χ1) is 27.5. The number of allylic oxidation sites excluding steroid dienone is 4. The van der Waals surface area contributed by atoms with Gasteiger partial charge in [-0.25, -0.2) is 4.57 Å². The lowest BCUT2D eigenvalue weighted by Gasteiger charge is -2.19. The number of esters is 2. The Morgan fingerprint density at radius 2 is 1.21 bits per heavy atom. The van der Waals surface area contributed by atoms with Crippen molar-refractivity contribution in [3.63, 3.8) is 0 Å². The average molecular weight is 824 g/mol. The van der Waals surface area contributed by atoms with Crippen molar-refractivity contribution in [1.29, 1.82) is 0 Å². The van der Waals surface area contributed by atoms with Gasteiger partial charge in [0.25, 0.3) is 0 Å². The lowest BCUT2D eigenvalue weighted by atomic mass is 10.0. The molecule has 0 bridgehead atoms. The van der Waals surface area contributed by atoms with E-state index in [9.17, 15) is 23.8 Å². The first kappa shape index (κ1) is 52.5. The SMILES string of the molecule is CCCCCC(=O)/C=C/C=C\CCCCCCCC(=O)O[C@H](COC(=O)CCCCCCCCCCc1oc(CCCCC)c(C)c1C)COP(=O)(O)OCCN. The zero-order chi connectivity index (χ0) is 42.0. The zero-order valence-corrected chi connectivity index (χ0v) is 36.9. The van der Waals surface area contributed by atoms with Crippen LogP contribution in [0.5, 0.6) is 0 Å². The second-order valence-corrected chi connectivity index (χ2v) is 16.6. The molecule has 2 atom stereocenters. The van der Waals surface area contributed by atoms with Crippen molar-refractivity contribution in [2.75, 3.05) is 26.4 Å². The highest BCUT2D eigenvalue weighted by molar-refractivity contribution is 7.47. The number of aryl methyl sites for hydroxylation is 2. The zero-order valence-electron chi connectivity index (χ0n) is 36.0. The predicted molar refractivity (Wildman–Crippen MR) is 228 cm³/mol. The van der Waals surface area contributed by atoms with E-state index in [0.29, 0.717) is 19.3 Å². The van der Waals surface area contributed by atoms with E-state index in [1.807, 2.05) is 12.2 Å². The van der Waals surface area contributed by atoms with Crippen LogP contribution in [0.3, 0.4) is 0 Å². The van der Waals surface area contributed by atoms with Gasteiger partial charge in [0.1, 0.15) is 18.1 Å². The molecule has 1 aromatic rings. The quantitative estimate of drug-likeness (QED) is 0.0214. The van der Waals surface area contributed by atoms with Crippen LogP contribution in [-0.4, -0.2) is 55.1 Å². The van der Waals surface area contributed by atoms with E-state index in [1.54, 1.807) is 6.08 Å². The molecule has 0 aliphatic carbocycles. The maximum absolute atomic E-state index is 12.6. The van der Waals surface area contributed by atoms with E-state index >= 15 is 0 Å². The Morgan fingerprint density at radius 3 is 1.82 bits per heavy atom. The summed E-state index contributed by atoms with van der Waals surface area (Å²) >= 11 is 0. The van der Waals surface area contributed by atoms with Crippen LogP contribution in [-0.2, 0) is 50.3 Å². The maximum atomic E-state index is 12.6. The summed E-state index contributed by atoms with van der Waals surface area (Å²) in [5.41, 5.74) is 7.99. The van der Waals surface area contributed by atoms with Gasteiger partial charge in [-0.2, -0.15) is 0 Å². The summed E-state index contributed by atoms with van der Waals surface area (Å²) in [6.07, 6.45) is 30.1. The van der Waals surface area contributed by atoms with Crippen molar-refractivity contribution in [3.05, 3.63) is 47.0 Å². The molecule has 0 saturated heterocycles. The van der Waals surface area contributed by atoms with E-state index < -0.39 is 32.5 Å². The molecule has 0 aliphatic heterocycles. The van der Waals surface area contributed by atoms with Crippen molar-refractivity contribution in [3.8, 4) is 0 Å². The second-order valence-electron chi connectivity index (χ2n) is 15.2. The summed E-state index contributed by atoms with van der Waals surface area (Å²) in [6.45, 7) is 7.82. The molecule has 0 aromatic carbocycles. The summed E-state index contributed by atoms with van der Waals surface area (Å²) < 4.78 is 39.0. The number of ketones is 1. The number of carbonyl (C=O) groups is 3. The maximum Gasteiger partial charge on any atom is 0.472 e. The lowest BCUT2D eigenvalue weighted by molar-refractivity contribution is -0.161. The van der Waals surface area contributed by atoms with Gasteiger partial charge in [-0.15, -0.1) is 0 Å². The Balaban J connectivity index is 2.28.